The molecular formula is C15H17NO. The van der Waals surface area contributed by atoms with Crippen LogP contribution in [0, 0.1) is 0 Å². The summed E-state index contributed by atoms with van der Waals surface area (Å²) >= 11 is 0. The maximum Gasteiger partial charge on any atom is 0.119 e. The van der Waals surface area contributed by atoms with E-state index in [4.69, 9.17) is 4.74 Å². The normalized spacial score (nSPS) is 19.7. The van der Waals surface area contributed by atoms with Crippen molar-refractivity contribution in [3.63, 3.8) is 0 Å². The van der Waals surface area contributed by atoms with E-state index in [9.17, 15) is 0 Å². The fourth-order valence-corrected chi connectivity index (χ4v) is 2.56. The Morgan fingerprint density at radius 1 is 1.12 bits per heavy atom. The van der Waals surface area contributed by atoms with Gasteiger partial charge in [-0.15, -0.1) is 0 Å². The molecule has 2 nitrogen and oxygen atoms in total. The summed E-state index contributed by atoms with van der Waals surface area (Å²) in [6.45, 7) is 1.14. The number of fused-ring (bicyclic) bond motifs is 1. The summed E-state index contributed by atoms with van der Waals surface area (Å²) in [5, 5.41) is 6.07. The van der Waals surface area contributed by atoms with Gasteiger partial charge in [-0.1, -0.05) is 18.2 Å². The molecule has 1 fully saturated rings. The van der Waals surface area contributed by atoms with E-state index in [0.717, 1.165) is 12.3 Å². The van der Waals surface area contributed by atoms with Crippen molar-refractivity contribution in [1.82, 2.24) is 5.32 Å². The van der Waals surface area contributed by atoms with Crippen LogP contribution < -0.4 is 10.1 Å². The summed E-state index contributed by atoms with van der Waals surface area (Å²) in [4.78, 5) is 0. The first-order valence-electron chi connectivity index (χ1n) is 6.18. The molecule has 0 amide bonds. The number of benzene rings is 2. The largest absolute Gasteiger partial charge is 0.497 e. The van der Waals surface area contributed by atoms with Crippen LogP contribution in [0.5, 0.6) is 5.75 Å². The molecule has 0 aromatic heterocycles. The second-order valence-corrected chi connectivity index (χ2v) is 4.62. The topological polar surface area (TPSA) is 21.3 Å². The third-order valence-corrected chi connectivity index (χ3v) is 3.53. The number of rotatable bonds is 2. The van der Waals surface area contributed by atoms with Gasteiger partial charge >= 0.3 is 0 Å². The molecule has 1 unspecified atom stereocenters. The zero-order chi connectivity index (χ0) is 11.7. The van der Waals surface area contributed by atoms with E-state index in [1.165, 1.54) is 29.2 Å². The predicted octanol–water partition coefficient (Wildman–Crippen LogP) is 3.27. The molecule has 0 saturated carbocycles. The van der Waals surface area contributed by atoms with Crippen LogP contribution >= 0.6 is 0 Å². The summed E-state index contributed by atoms with van der Waals surface area (Å²) in [5.41, 5.74) is 1.40. The minimum Gasteiger partial charge on any atom is -0.497 e. The summed E-state index contributed by atoms with van der Waals surface area (Å²) in [6.07, 6.45) is 2.53. The lowest BCUT2D eigenvalue weighted by molar-refractivity contribution is 0.415. The van der Waals surface area contributed by atoms with Gasteiger partial charge in [-0.25, -0.2) is 0 Å². The fourth-order valence-electron chi connectivity index (χ4n) is 2.56. The molecule has 0 bridgehead atoms. The summed E-state index contributed by atoms with van der Waals surface area (Å²) in [6, 6.07) is 13.5. The molecule has 1 heterocycles. The van der Waals surface area contributed by atoms with Gasteiger partial charge in [0.2, 0.25) is 0 Å². The molecule has 2 aromatic carbocycles. The van der Waals surface area contributed by atoms with Gasteiger partial charge in [0, 0.05) is 6.04 Å². The van der Waals surface area contributed by atoms with Crippen LogP contribution in [0.3, 0.4) is 0 Å². The van der Waals surface area contributed by atoms with Crippen molar-refractivity contribution >= 4 is 10.8 Å². The second-order valence-electron chi connectivity index (χ2n) is 4.62. The average molecular weight is 227 g/mol. The Labute approximate surface area is 102 Å². The lowest BCUT2D eigenvalue weighted by Gasteiger charge is -2.11. The van der Waals surface area contributed by atoms with Crippen molar-refractivity contribution < 1.29 is 4.74 Å². The zero-order valence-electron chi connectivity index (χ0n) is 10.1. The van der Waals surface area contributed by atoms with Gasteiger partial charge in [0.05, 0.1) is 7.11 Å². The molecule has 0 radical (unpaired) electrons. The van der Waals surface area contributed by atoms with Crippen molar-refractivity contribution in [3.05, 3.63) is 42.0 Å². The Morgan fingerprint density at radius 2 is 1.94 bits per heavy atom. The maximum atomic E-state index is 5.24. The van der Waals surface area contributed by atoms with Gasteiger partial charge in [0.25, 0.3) is 0 Å². The molecule has 1 aliphatic heterocycles. The van der Waals surface area contributed by atoms with Crippen LogP contribution in [-0.4, -0.2) is 13.7 Å². The molecule has 1 N–H and O–H groups in total. The number of nitrogens with one attached hydrogen (secondary N) is 1. The monoisotopic (exact) mass is 227 g/mol. The van der Waals surface area contributed by atoms with Crippen LogP contribution in [-0.2, 0) is 0 Å². The highest BCUT2D eigenvalue weighted by Crippen LogP contribution is 2.27. The summed E-state index contributed by atoms with van der Waals surface area (Å²) < 4.78 is 5.24. The quantitative estimate of drug-likeness (QED) is 0.850. The number of methoxy groups -OCH3 is 1. The Kier molecular flexibility index (Phi) is 2.73. The van der Waals surface area contributed by atoms with E-state index in [1.54, 1.807) is 7.11 Å². The second kappa shape index (κ2) is 4.38. The van der Waals surface area contributed by atoms with E-state index in [1.807, 2.05) is 6.07 Å². The van der Waals surface area contributed by atoms with E-state index < -0.39 is 0 Å². The SMILES string of the molecule is COc1ccc2cc(C3CCCN3)ccc2c1. The third-order valence-electron chi connectivity index (χ3n) is 3.53. The Morgan fingerprint density at radius 3 is 2.71 bits per heavy atom. The van der Waals surface area contributed by atoms with Gasteiger partial charge in [-0.05, 0) is 53.9 Å². The van der Waals surface area contributed by atoms with Crippen molar-refractivity contribution in [2.45, 2.75) is 18.9 Å². The molecule has 2 heteroatoms. The van der Waals surface area contributed by atoms with E-state index in [-0.39, 0.29) is 0 Å². The van der Waals surface area contributed by atoms with E-state index in [0.29, 0.717) is 6.04 Å². The number of ether oxygens (including phenoxy) is 1. The first-order valence-corrected chi connectivity index (χ1v) is 6.18. The molecule has 88 valence electrons. The number of hydrogen-bond donors (Lipinski definition) is 1. The minimum absolute atomic E-state index is 0.543. The van der Waals surface area contributed by atoms with Crippen LogP contribution in [0.2, 0.25) is 0 Å². The Balaban J connectivity index is 2.01. The van der Waals surface area contributed by atoms with Crippen LogP contribution in [0.15, 0.2) is 36.4 Å². The molecule has 1 aliphatic rings. The van der Waals surface area contributed by atoms with E-state index in [2.05, 4.69) is 35.6 Å². The highest BCUT2D eigenvalue weighted by Gasteiger charge is 2.15. The van der Waals surface area contributed by atoms with Gasteiger partial charge in [0.15, 0.2) is 0 Å². The van der Waals surface area contributed by atoms with E-state index >= 15 is 0 Å². The van der Waals surface area contributed by atoms with Crippen LogP contribution in [0.4, 0.5) is 0 Å². The molecular weight excluding hydrogens is 210 g/mol. The maximum absolute atomic E-state index is 5.24. The van der Waals surface area contributed by atoms with Crippen LogP contribution in [0.25, 0.3) is 10.8 Å². The summed E-state index contributed by atoms with van der Waals surface area (Å²) in [5.74, 6) is 0.921. The third kappa shape index (κ3) is 2.01. The molecule has 1 saturated heterocycles. The van der Waals surface area contributed by atoms with Crippen molar-refractivity contribution in [1.29, 1.82) is 0 Å². The first-order chi connectivity index (χ1) is 8.36. The number of hydrogen-bond acceptors (Lipinski definition) is 2. The average Bonchev–Trinajstić information content (AvgIpc) is 2.91. The Bertz CT molecular complexity index is 529. The van der Waals surface area contributed by atoms with Crippen molar-refractivity contribution in [2.75, 3.05) is 13.7 Å². The van der Waals surface area contributed by atoms with Gasteiger partial charge in [0.1, 0.15) is 5.75 Å². The van der Waals surface area contributed by atoms with Gasteiger partial charge in [-0.2, -0.15) is 0 Å². The van der Waals surface area contributed by atoms with Crippen molar-refractivity contribution in [3.8, 4) is 5.75 Å². The molecule has 0 aliphatic carbocycles. The molecule has 17 heavy (non-hydrogen) atoms. The molecule has 3 rings (SSSR count). The minimum atomic E-state index is 0.543. The fraction of sp³-hybridized carbons (Fsp3) is 0.333. The molecule has 0 spiro atoms. The van der Waals surface area contributed by atoms with Crippen molar-refractivity contribution in [2.24, 2.45) is 0 Å². The lowest BCUT2D eigenvalue weighted by Crippen LogP contribution is -2.12. The summed E-state index contributed by atoms with van der Waals surface area (Å²) in [7, 11) is 1.71. The predicted molar refractivity (Wildman–Crippen MR) is 70.5 cm³/mol. The molecule has 2 aromatic rings. The Hall–Kier alpha value is -1.54. The highest BCUT2D eigenvalue weighted by atomic mass is 16.5. The van der Waals surface area contributed by atoms with Gasteiger partial charge in [-0.3, -0.25) is 0 Å². The first kappa shape index (κ1) is 10.6. The lowest BCUT2D eigenvalue weighted by atomic mass is 10.0. The van der Waals surface area contributed by atoms with Gasteiger partial charge < -0.3 is 10.1 Å². The molecule has 1 atom stereocenters. The highest BCUT2D eigenvalue weighted by molar-refractivity contribution is 5.84. The van der Waals surface area contributed by atoms with Crippen LogP contribution in [0.1, 0.15) is 24.4 Å². The smallest absolute Gasteiger partial charge is 0.119 e. The standard InChI is InChI=1S/C15H17NO/c1-17-14-7-6-11-9-13(5-4-12(11)10-14)15-3-2-8-16-15/h4-7,9-10,15-16H,2-3,8H2,1H3. The zero-order valence-corrected chi connectivity index (χ0v) is 10.1.